The molecular formula is C15H32. The van der Waals surface area contributed by atoms with Crippen LogP contribution in [0.2, 0.25) is 0 Å². The Kier molecular flexibility index (Phi) is 12.1. The molecule has 0 aromatic rings. The van der Waals surface area contributed by atoms with Crippen molar-refractivity contribution in [3.63, 3.8) is 0 Å². The Hall–Kier alpha value is 0. The minimum absolute atomic E-state index is 0.902. The molecule has 0 fully saturated rings. The molecule has 0 aliphatic carbocycles. The lowest BCUT2D eigenvalue weighted by molar-refractivity contribution is 0.505. The summed E-state index contributed by atoms with van der Waals surface area (Å²) in [6.45, 7) is 6.94. The fourth-order valence-electron chi connectivity index (χ4n) is 2.04. The zero-order chi connectivity index (χ0) is 11.4. The third kappa shape index (κ3) is 14.0. The van der Waals surface area contributed by atoms with E-state index in [0.29, 0.717) is 0 Å². The molecule has 15 heavy (non-hydrogen) atoms. The normalized spacial score (nSPS) is 11.2. The molecule has 0 aliphatic heterocycles. The molecule has 0 bridgehead atoms. The second-order valence-corrected chi connectivity index (χ2v) is 5.36. The molecule has 92 valence electrons. The van der Waals surface area contributed by atoms with Gasteiger partial charge in [0.1, 0.15) is 0 Å². The van der Waals surface area contributed by atoms with Crippen molar-refractivity contribution in [2.75, 3.05) is 0 Å². The summed E-state index contributed by atoms with van der Waals surface area (Å²) in [6.07, 6.45) is 16.0. The van der Waals surface area contributed by atoms with Crippen LogP contribution in [0, 0.1) is 5.92 Å². The van der Waals surface area contributed by atoms with Crippen molar-refractivity contribution in [2.45, 2.75) is 91.4 Å². The highest BCUT2D eigenvalue weighted by atomic mass is 14.0. The summed E-state index contributed by atoms with van der Waals surface area (Å²) in [5.41, 5.74) is 0. The van der Waals surface area contributed by atoms with Gasteiger partial charge < -0.3 is 0 Å². The molecule has 0 radical (unpaired) electrons. The zero-order valence-corrected chi connectivity index (χ0v) is 11.4. The minimum atomic E-state index is 0.902. The van der Waals surface area contributed by atoms with Crippen LogP contribution in [0.15, 0.2) is 0 Å². The van der Waals surface area contributed by atoms with E-state index in [1.807, 2.05) is 0 Å². The molecule has 0 atom stereocenters. The van der Waals surface area contributed by atoms with Crippen LogP contribution in [0.4, 0.5) is 0 Å². The minimum Gasteiger partial charge on any atom is -0.0654 e. The second-order valence-electron chi connectivity index (χ2n) is 5.36. The predicted octanol–water partition coefficient (Wildman–Crippen LogP) is 5.95. The van der Waals surface area contributed by atoms with Gasteiger partial charge in [-0.2, -0.15) is 0 Å². The van der Waals surface area contributed by atoms with Crippen molar-refractivity contribution >= 4 is 0 Å². The molecule has 0 heterocycles. The Bertz CT molecular complexity index is 105. The van der Waals surface area contributed by atoms with E-state index < -0.39 is 0 Å². The maximum absolute atomic E-state index is 2.33. The molecule has 0 saturated carbocycles. The van der Waals surface area contributed by atoms with Crippen LogP contribution in [-0.2, 0) is 0 Å². The summed E-state index contributed by atoms with van der Waals surface area (Å²) < 4.78 is 0. The van der Waals surface area contributed by atoms with Crippen molar-refractivity contribution in [3.05, 3.63) is 0 Å². The van der Waals surface area contributed by atoms with E-state index in [9.17, 15) is 0 Å². The van der Waals surface area contributed by atoms with E-state index in [-0.39, 0.29) is 0 Å². The zero-order valence-electron chi connectivity index (χ0n) is 11.4. The Morgan fingerprint density at radius 3 is 1.40 bits per heavy atom. The third-order valence-electron chi connectivity index (χ3n) is 3.14. The predicted molar refractivity (Wildman–Crippen MR) is 71.3 cm³/mol. The molecule has 0 amide bonds. The van der Waals surface area contributed by atoms with Gasteiger partial charge in [0, 0.05) is 0 Å². The second kappa shape index (κ2) is 12.1. The fraction of sp³-hybridized carbons (Fsp3) is 1.00. The van der Waals surface area contributed by atoms with Gasteiger partial charge in [-0.1, -0.05) is 91.4 Å². The SMILES string of the molecule is CCCCCCCCCCCCC(C)C. The summed E-state index contributed by atoms with van der Waals surface area (Å²) in [6, 6.07) is 0. The van der Waals surface area contributed by atoms with E-state index in [4.69, 9.17) is 0 Å². The lowest BCUT2D eigenvalue weighted by Crippen LogP contribution is -1.87. The molecule has 0 unspecified atom stereocenters. The van der Waals surface area contributed by atoms with Gasteiger partial charge in [-0.05, 0) is 5.92 Å². The van der Waals surface area contributed by atoms with E-state index in [0.717, 1.165) is 5.92 Å². The van der Waals surface area contributed by atoms with Crippen LogP contribution in [0.5, 0.6) is 0 Å². The summed E-state index contributed by atoms with van der Waals surface area (Å²) in [7, 11) is 0. The average molecular weight is 212 g/mol. The number of unbranched alkanes of at least 4 members (excludes halogenated alkanes) is 9. The maximum atomic E-state index is 2.33. The summed E-state index contributed by atoms with van der Waals surface area (Å²) in [5, 5.41) is 0. The number of rotatable bonds is 11. The van der Waals surface area contributed by atoms with Gasteiger partial charge in [0.2, 0.25) is 0 Å². The Labute approximate surface area is 97.8 Å². The highest BCUT2D eigenvalue weighted by molar-refractivity contribution is 4.49. The number of hydrogen-bond donors (Lipinski definition) is 0. The van der Waals surface area contributed by atoms with Gasteiger partial charge in [-0.3, -0.25) is 0 Å². The maximum Gasteiger partial charge on any atom is -0.0471 e. The molecule has 0 N–H and O–H groups in total. The lowest BCUT2D eigenvalue weighted by Gasteiger charge is -2.04. The first-order chi connectivity index (χ1) is 7.27. The first-order valence-electron chi connectivity index (χ1n) is 7.27. The van der Waals surface area contributed by atoms with Crippen LogP contribution in [-0.4, -0.2) is 0 Å². The van der Waals surface area contributed by atoms with Crippen molar-refractivity contribution in [1.82, 2.24) is 0 Å². The van der Waals surface area contributed by atoms with Crippen LogP contribution >= 0.6 is 0 Å². The first kappa shape index (κ1) is 15.0. The Morgan fingerprint density at radius 1 is 0.600 bits per heavy atom. The standard InChI is InChI=1S/C15H32/c1-4-5-6-7-8-9-10-11-12-13-14-15(2)3/h15H,4-14H2,1-3H3. The van der Waals surface area contributed by atoms with Gasteiger partial charge in [0.25, 0.3) is 0 Å². The third-order valence-corrected chi connectivity index (χ3v) is 3.14. The van der Waals surface area contributed by atoms with Gasteiger partial charge >= 0.3 is 0 Å². The Morgan fingerprint density at radius 2 is 1.00 bits per heavy atom. The van der Waals surface area contributed by atoms with Crippen molar-refractivity contribution < 1.29 is 0 Å². The molecular weight excluding hydrogens is 180 g/mol. The quantitative estimate of drug-likeness (QED) is 0.371. The highest BCUT2D eigenvalue weighted by Gasteiger charge is 1.94. The molecule has 0 nitrogen and oxygen atoms in total. The monoisotopic (exact) mass is 212 g/mol. The molecule has 0 aromatic heterocycles. The van der Waals surface area contributed by atoms with Crippen LogP contribution in [0.1, 0.15) is 91.4 Å². The van der Waals surface area contributed by atoms with Gasteiger partial charge in [0.15, 0.2) is 0 Å². The van der Waals surface area contributed by atoms with Gasteiger partial charge in [0.05, 0.1) is 0 Å². The van der Waals surface area contributed by atoms with Crippen molar-refractivity contribution in [1.29, 1.82) is 0 Å². The van der Waals surface area contributed by atoms with E-state index in [2.05, 4.69) is 20.8 Å². The lowest BCUT2D eigenvalue weighted by atomic mass is 10.0. The van der Waals surface area contributed by atoms with Gasteiger partial charge in [-0.25, -0.2) is 0 Å². The summed E-state index contributed by atoms with van der Waals surface area (Å²) in [5.74, 6) is 0.902. The first-order valence-corrected chi connectivity index (χ1v) is 7.27. The van der Waals surface area contributed by atoms with Crippen molar-refractivity contribution in [2.24, 2.45) is 5.92 Å². The summed E-state index contributed by atoms with van der Waals surface area (Å²) in [4.78, 5) is 0. The highest BCUT2D eigenvalue weighted by Crippen LogP contribution is 2.13. The average Bonchev–Trinajstić information content (AvgIpc) is 2.20. The number of hydrogen-bond acceptors (Lipinski definition) is 0. The largest absolute Gasteiger partial charge is 0.0654 e. The van der Waals surface area contributed by atoms with E-state index >= 15 is 0 Å². The van der Waals surface area contributed by atoms with E-state index in [1.165, 1.54) is 70.6 Å². The molecule has 0 aromatic carbocycles. The van der Waals surface area contributed by atoms with Crippen LogP contribution in [0.25, 0.3) is 0 Å². The molecule has 0 heteroatoms. The smallest absolute Gasteiger partial charge is 0.0471 e. The molecule has 0 saturated heterocycles. The molecule has 0 spiro atoms. The topological polar surface area (TPSA) is 0 Å². The van der Waals surface area contributed by atoms with Crippen LogP contribution < -0.4 is 0 Å². The van der Waals surface area contributed by atoms with Gasteiger partial charge in [-0.15, -0.1) is 0 Å². The van der Waals surface area contributed by atoms with E-state index in [1.54, 1.807) is 0 Å². The summed E-state index contributed by atoms with van der Waals surface area (Å²) >= 11 is 0. The Balaban J connectivity index is 2.87. The molecule has 0 aliphatic rings. The van der Waals surface area contributed by atoms with Crippen LogP contribution in [0.3, 0.4) is 0 Å². The fourth-order valence-corrected chi connectivity index (χ4v) is 2.04. The molecule has 0 rings (SSSR count). The van der Waals surface area contributed by atoms with Crippen molar-refractivity contribution in [3.8, 4) is 0 Å².